The first kappa shape index (κ1) is 17.4. The fraction of sp³-hybridized carbons (Fsp3) is 0.500. The number of halogens is 1. The molecular weight excluding hydrogens is 325 g/mol. The Morgan fingerprint density at radius 3 is 2.84 bits per heavy atom. The van der Waals surface area contributed by atoms with E-state index in [1.54, 1.807) is 32.9 Å². The van der Waals surface area contributed by atoms with Crippen molar-refractivity contribution in [2.24, 2.45) is 0 Å². The van der Waals surface area contributed by atoms with Crippen molar-refractivity contribution < 1.29 is 13.9 Å². The first-order chi connectivity index (χ1) is 11.7. The van der Waals surface area contributed by atoms with Gasteiger partial charge in [0.05, 0.1) is 6.54 Å². The minimum absolute atomic E-state index is 0.164. The van der Waals surface area contributed by atoms with Crippen LogP contribution in [-0.4, -0.2) is 25.9 Å². The maximum absolute atomic E-state index is 13.3. The number of ether oxygens (including phenoxy) is 1. The second-order valence-corrected chi connectivity index (χ2v) is 7.30. The number of benzene rings is 1. The molecule has 0 N–H and O–H groups in total. The Balaban J connectivity index is 1.91. The third-order valence-electron chi connectivity index (χ3n) is 4.03. The maximum atomic E-state index is 13.3. The van der Waals surface area contributed by atoms with E-state index in [1.165, 1.54) is 21.4 Å². The summed E-state index contributed by atoms with van der Waals surface area (Å²) in [6.45, 7) is 5.55. The Labute approximate surface area is 145 Å². The van der Waals surface area contributed by atoms with Crippen LogP contribution in [-0.2, 0) is 22.5 Å². The lowest BCUT2D eigenvalue weighted by atomic mass is 10.0. The third kappa shape index (κ3) is 3.81. The quantitative estimate of drug-likeness (QED) is 0.800. The molecule has 7 heteroatoms. The maximum Gasteiger partial charge on any atom is 0.347 e. The molecule has 2 aromatic rings. The van der Waals surface area contributed by atoms with Crippen LogP contribution in [0.3, 0.4) is 0 Å². The van der Waals surface area contributed by atoms with Crippen LogP contribution in [0.2, 0.25) is 0 Å². The van der Waals surface area contributed by atoms with E-state index in [-0.39, 0.29) is 18.1 Å². The summed E-state index contributed by atoms with van der Waals surface area (Å²) in [5.41, 5.74) is -0.336. The number of hydrogen-bond acceptors (Lipinski definition) is 4. The van der Waals surface area contributed by atoms with Crippen LogP contribution in [0.25, 0.3) is 0 Å². The molecule has 0 amide bonds. The van der Waals surface area contributed by atoms with E-state index in [9.17, 15) is 14.0 Å². The highest BCUT2D eigenvalue weighted by atomic mass is 19.1. The first-order valence-corrected chi connectivity index (χ1v) is 8.40. The lowest BCUT2D eigenvalue weighted by Crippen LogP contribution is -2.38. The fourth-order valence-electron chi connectivity index (χ4n) is 3.04. The molecule has 0 spiro atoms. The Morgan fingerprint density at radius 1 is 1.40 bits per heavy atom. The van der Waals surface area contributed by atoms with Gasteiger partial charge in [-0.05, 0) is 51.3 Å². The van der Waals surface area contributed by atoms with Crippen LogP contribution in [0.4, 0.5) is 4.39 Å². The van der Waals surface area contributed by atoms with Gasteiger partial charge in [0, 0.05) is 6.42 Å². The minimum Gasteiger partial charge on any atom is -0.458 e. The molecule has 0 radical (unpaired) electrons. The van der Waals surface area contributed by atoms with Crippen molar-refractivity contribution in [2.45, 2.75) is 58.2 Å². The number of rotatable bonds is 3. The zero-order chi connectivity index (χ0) is 18.2. The predicted molar refractivity (Wildman–Crippen MR) is 89.8 cm³/mol. The zero-order valence-corrected chi connectivity index (χ0v) is 14.7. The molecule has 1 aliphatic rings. The summed E-state index contributed by atoms with van der Waals surface area (Å²) >= 11 is 0. The van der Waals surface area contributed by atoms with Gasteiger partial charge in [-0.2, -0.15) is 5.10 Å². The third-order valence-corrected chi connectivity index (χ3v) is 4.03. The smallest absolute Gasteiger partial charge is 0.347 e. The average molecular weight is 347 g/mol. The normalized spacial score (nSPS) is 17.2. The Bertz CT molecular complexity index is 848. The largest absolute Gasteiger partial charge is 0.458 e. The van der Waals surface area contributed by atoms with Crippen molar-refractivity contribution in [2.75, 3.05) is 0 Å². The fourth-order valence-corrected chi connectivity index (χ4v) is 3.04. The monoisotopic (exact) mass is 347 g/mol. The average Bonchev–Trinajstić information content (AvgIpc) is 2.82. The molecule has 0 bridgehead atoms. The van der Waals surface area contributed by atoms with Gasteiger partial charge < -0.3 is 4.74 Å². The van der Waals surface area contributed by atoms with E-state index >= 15 is 0 Å². The molecule has 25 heavy (non-hydrogen) atoms. The van der Waals surface area contributed by atoms with Crippen LogP contribution in [0.5, 0.6) is 0 Å². The van der Waals surface area contributed by atoms with Gasteiger partial charge in [-0.15, -0.1) is 0 Å². The number of esters is 1. The minimum atomic E-state index is -0.656. The molecule has 1 aliphatic heterocycles. The van der Waals surface area contributed by atoms with Gasteiger partial charge >= 0.3 is 11.7 Å². The Morgan fingerprint density at radius 2 is 2.16 bits per heavy atom. The van der Waals surface area contributed by atoms with Crippen LogP contribution in [0, 0.1) is 5.82 Å². The molecule has 1 atom stereocenters. The molecule has 134 valence electrons. The highest BCUT2D eigenvalue weighted by Gasteiger charge is 2.33. The number of hydrogen-bond donors (Lipinski definition) is 0. The lowest BCUT2D eigenvalue weighted by molar-refractivity contribution is -0.159. The summed E-state index contributed by atoms with van der Waals surface area (Å²) in [6, 6.07) is 5.39. The van der Waals surface area contributed by atoms with E-state index in [1.807, 2.05) is 0 Å². The van der Waals surface area contributed by atoms with E-state index in [2.05, 4.69) is 5.10 Å². The van der Waals surface area contributed by atoms with Crippen molar-refractivity contribution in [1.29, 1.82) is 0 Å². The number of aromatic nitrogens is 3. The van der Waals surface area contributed by atoms with Gasteiger partial charge in [0.1, 0.15) is 23.3 Å². The van der Waals surface area contributed by atoms with Gasteiger partial charge in [0.15, 0.2) is 0 Å². The molecule has 1 unspecified atom stereocenters. The van der Waals surface area contributed by atoms with Gasteiger partial charge in [-0.1, -0.05) is 12.1 Å². The molecule has 0 fully saturated rings. The van der Waals surface area contributed by atoms with Gasteiger partial charge in [-0.25, -0.2) is 18.7 Å². The van der Waals surface area contributed by atoms with Crippen LogP contribution in [0.1, 0.15) is 51.0 Å². The molecule has 1 aromatic carbocycles. The van der Waals surface area contributed by atoms with E-state index in [4.69, 9.17) is 4.74 Å². The topological polar surface area (TPSA) is 66.1 Å². The second kappa shape index (κ2) is 6.46. The number of nitrogens with zero attached hydrogens (tertiary/aromatic N) is 3. The van der Waals surface area contributed by atoms with Crippen molar-refractivity contribution >= 4 is 5.97 Å². The number of carbonyl (C=O) groups is 1. The number of fused-ring (bicyclic) bond motifs is 1. The molecule has 6 nitrogen and oxygen atoms in total. The predicted octanol–water partition coefficient (Wildman–Crippen LogP) is 2.45. The summed E-state index contributed by atoms with van der Waals surface area (Å²) < 4.78 is 21.5. The van der Waals surface area contributed by atoms with Gasteiger partial charge in [0.25, 0.3) is 0 Å². The van der Waals surface area contributed by atoms with E-state index in [0.717, 1.165) is 6.42 Å². The summed E-state index contributed by atoms with van der Waals surface area (Å²) in [4.78, 5) is 25.2. The summed E-state index contributed by atoms with van der Waals surface area (Å²) in [7, 11) is 0. The summed E-state index contributed by atoms with van der Waals surface area (Å²) in [5, 5.41) is 4.34. The van der Waals surface area contributed by atoms with E-state index in [0.29, 0.717) is 24.2 Å². The standard InChI is InChI=1S/C18H22FN3O3/c1-18(2,3)25-16(23)14-8-5-9-15-20-21(17(24)22(14)15)11-12-6-4-7-13(19)10-12/h4,6-7,10,14H,5,8-9,11H2,1-3H3. The molecule has 0 saturated carbocycles. The van der Waals surface area contributed by atoms with Crippen LogP contribution in [0.15, 0.2) is 29.1 Å². The van der Waals surface area contributed by atoms with Crippen molar-refractivity contribution in [3.63, 3.8) is 0 Å². The Hall–Kier alpha value is -2.44. The molecule has 0 saturated heterocycles. The molecule has 0 aliphatic carbocycles. The first-order valence-electron chi connectivity index (χ1n) is 8.40. The molecule has 2 heterocycles. The highest BCUT2D eigenvalue weighted by molar-refractivity contribution is 5.74. The Kier molecular flexibility index (Phi) is 4.49. The number of carbonyl (C=O) groups excluding carboxylic acids is 1. The SMILES string of the molecule is CC(C)(C)OC(=O)C1CCCc2nn(Cc3cccc(F)c3)c(=O)n21. The zero-order valence-electron chi connectivity index (χ0n) is 14.7. The van der Waals surface area contributed by atoms with Gasteiger partial charge in [0.2, 0.25) is 0 Å². The summed E-state index contributed by atoms with van der Waals surface area (Å²) in [5.74, 6) is -0.203. The van der Waals surface area contributed by atoms with Crippen molar-refractivity contribution in [3.05, 3.63) is 52.0 Å². The molecular formula is C18H22FN3O3. The van der Waals surface area contributed by atoms with Crippen LogP contribution < -0.4 is 5.69 Å². The van der Waals surface area contributed by atoms with Crippen LogP contribution >= 0.6 is 0 Å². The second-order valence-electron chi connectivity index (χ2n) is 7.30. The van der Waals surface area contributed by atoms with E-state index < -0.39 is 17.6 Å². The molecule has 1 aromatic heterocycles. The highest BCUT2D eigenvalue weighted by Crippen LogP contribution is 2.25. The lowest BCUT2D eigenvalue weighted by Gasteiger charge is -2.26. The summed E-state index contributed by atoms with van der Waals surface area (Å²) in [6.07, 6.45) is 1.94. The van der Waals surface area contributed by atoms with Gasteiger partial charge in [-0.3, -0.25) is 4.57 Å². The number of aryl methyl sites for hydroxylation is 1. The van der Waals surface area contributed by atoms with Crippen molar-refractivity contribution in [1.82, 2.24) is 14.3 Å². The van der Waals surface area contributed by atoms with Crippen molar-refractivity contribution in [3.8, 4) is 0 Å². The molecule has 3 rings (SSSR count).